The molecule has 2 aliphatic carbocycles. The molecule has 4 atom stereocenters. The summed E-state index contributed by atoms with van der Waals surface area (Å²) in [6.45, 7) is 3.87. The molecule has 0 aromatic heterocycles. The summed E-state index contributed by atoms with van der Waals surface area (Å²) in [4.78, 5) is 31.0. The lowest BCUT2D eigenvalue weighted by Gasteiger charge is -2.43. The zero-order chi connectivity index (χ0) is 20.6. The molecule has 2 heterocycles. The van der Waals surface area contributed by atoms with E-state index in [4.69, 9.17) is 9.57 Å². The van der Waals surface area contributed by atoms with Gasteiger partial charge in [-0.25, -0.2) is 9.18 Å². The van der Waals surface area contributed by atoms with Gasteiger partial charge in [0.2, 0.25) is 5.60 Å². The summed E-state index contributed by atoms with van der Waals surface area (Å²) in [6, 6.07) is 4.72. The van der Waals surface area contributed by atoms with E-state index in [1.54, 1.807) is 25.1 Å². The fraction of sp³-hybridized carbons (Fsp3) is 0.409. The Morgan fingerprint density at radius 1 is 1.31 bits per heavy atom. The number of rotatable bonds is 1. The molecule has 0 N–H and O–H groups in total. The van der Waals surface area contributed by atoms with Gasteiger partial charge >= 0.3 is 5.97 Å². The van der Waals surface area contributed by atoms with Crippen LogP contribution in [0.1, 0.15) is 38.7 Å². The van der Waals surface area contributed by atoms with E-state index in [9.17, 15) is 14.0 Å². The molecule has 1 saturated carbocycles. The Morgan fingerprint density at radius 3 is 2.86 bits per heavy atom. The summed E-state index contributed by atoms with van der Waals surface area (Å²) in [5.74, 6) is -1.16. The molecule has 150 valence electrons. The average Bonchev–Trinajstić information content (AvgIpc) is 3.24. The lowest BCUT2D eigenvalue weighted by atomic mass is 9.60. The van der Waals surface area contributed by atoms with Crippen molar-refractivity contribution in [1.29, 1.82) is 0 Å². The van der Waals surface area contributed by atoms with Gasteiger partial charge in [0.05, 0.1) is 16.1 Å². The highest BCUT2D eigenvalue weighted by Crippen LogP contribution is 2.56. The monoisotopic (exact) mass is 459 g/mol. The van der Waals surface area contributed by atoms with Crippen molar-refractivity contribution in [2.45, 2.75) is 44.8 Å². The molecular weight excluding hydrogens is 441 g/mol. The van der Waals surface area contributed by atoms with Crippen molar-refractivity contribution >= 4 is 33.4 Å². The number of ether oxygens (including phenoxy) is 1. The number of carbonyl (C=O) groups excluding carboxylic acids is 2. The van der Waals surface area contributed by atoms with Crippen LogP contribution >= 0.6 is 15.9 Å². The number of esters is 1. The third kappa shape index (κ3) is 2.52. The fourth-order valence-corrected chi connectivity index (χ4v) is 5.42. The number of benzene rings is 1. The van der Waals surface area contributed by atoms with Crippen molar-refractivity contribution in [2.75, 3.05) is 0 Å². The van der Waals surface area contributed by atoms with Crippen molar-refractivity contribution in [3.63, 3.8) is 0 Å². The molecule has 7 heteroatoms. The van der Waals surface area contributed by atoms with Gasteiger partial charge < -0.3 is 9.57 Å². The van der Waals surface area contributed by atoms with Crippen molar-refractivity contribution < 1.29 is 23.6 Å². The number of oxime groups is 1. The fourth-order valence-electron chi connectivity index (χ4n) is 5.17. The second-order valence-electron chi connectivity index (χ2n) is 8.45. The van der Waals surface area contributed by atoms with Crippen LogP contribution in [-0.2, 0) is 19.2 Å². The van der Waals surface area contributed by atoms with Gasteiger partial charge in [0.15, 0.2) is 5.78 Å². The summed E-state index contributed by atoms with van der Waals surface area (Å²) < 4.78 is 20.2. The van der Waals surface area contributed by atoms with E-state index in [2.05, 4.69) is 28.0 Å². The molecule has 2 fully saturated rings. The maximum Gasteiger partial charge on any atom is 0.354 e. The summed E-state index contributed by atoms with van der Waals surface area (Å²) in [6.07, 6.45) is 4.75. The first-order valence-corrected chi connectivity index (χ1v) is 10.4. The second-order valence-corrected chi connectivity index (χ2v) is 9.30. The molecule has 1 spiro atoms. The van der Waals surface area contributed by atoms with Crippen LogP contribution in [0.3, 0.4) is 0 Å². The van der Waals surface area contributed by atoms with Gasteiger partial charge in [0.1, 0.15) is 11.9 Å². The maximum absolute atomic E-state index is 14.0. The van der Waals surface area contributed by atoms with Crippen molar-refractivity contribution in [3.8, 4) is 0 Å². The lowest BCUT2D eigenvalue weighted by molar-refractivity contribution is -0.158. The number of fused-ring (bicyclic) bond motifs is 4. The molecule has 4 aliphatic rings. The highest BCUT2D eigenvalue weighted by molar-refractivity contribution is 9.10. The van der Waals surface area contributed by atoms with E-state index in [0.29, 0.717) is 27.7 Å². The zero-order valence-corrected chi connectivity index (χ0v) is 17.6. The average molecular weight is 460 g/mol. The number of carbonyl (C=O) groups is 2. The van der Waals surface area contributed by atoms with Crippen LogP contribution in [0.5, 0.6) is 0 Å². The Morgan fingerprint density at radius 2 is 2.10 bits per heavy atom. The van der Waals surface area contributed by atoms with Crippen LogP contribution in [0.15, 0.2) is 51.1 Å². The largest absolute Gasteiger partial charge is 0.454 e. The first-order chi connectivity index (χ1) is 13.7. The third-order valence-electron chi connectivity index (χ3n) is 6.80. The molecule has 1 aromatic rings. The Kier molecular flexibility index (Phi) is 3.95. The molecule has 5 nitrogen and oxygen atoms in total. The Bertz CT molecular complexity index is 1060. The minimum absolute atomic E-state index is 0.0512. The Balaban J connectivity index is 1.50. The van der Waals surface area contributed by atoms with Gasteiger partial charge in [-0.2, -0.15) is 0 Å². The minimum atomic E-state index is -1.22. The molecule has 29 heavy (non-hydrogen) atoms. The van der Waals surface area contributed by atoms with Crippen LogP contribution in [0, 0.1) is 17.2 Å². The van der Waals surface area contributed by atoms with Gasteiger partial charge in [-0.15, -0.1) is 0 Å². The molecular formula is C22H19BrFNO4. The number of allylic oxidation sites excluding steroid dienone is 3. The van der Waals surface area contributed by atoms with E-state index in [1.165, 1.54) is 6.07 Å². The SMILES string of the molecule is CC1=C2[C@H]3OC(=O)[C@]4(CC(c5ccc(Br)c(F)c5)=NO4)[C@@H]3CC[C@@]2(C)C=CC1=O. The van der Waals surface area contributed by atoms with E-state index >= 15 is 0 Å². The topological polar surface area (TPSA) is 65.0 Å². The highest BCUT2D eigenvalue weighted by atomic mass is 79.9. The number of hydrogen-bond acceptors (Lipinski definition) is 5. The van der Waals surface area contributed by atoms with Crippen LogP contribution in [0.25, 0.3) is 0 Å². The smallest absolute Gasteiger partial charge is 0.354 e. The van der Waals surface area contributed by atoms with Gasteiger partial charge in [-0.05, 0) is 59.5 Å². The van der Waals surface area contributed by atoms with Crippen molar-refractivity contribution in [2.24, 2.45) is 16.5 Å². The summed E-state index contributed by atoms with van der Waals surface area (Å²) in [7, 11) is 0. The molecule has 0 bridgehead atoms. The highest BCUT2D eigenvalue weighted by Gasteiger charge is 2.66. The summed E-state index contributed by atoms with van der Waals surface area (Å²) in [5, 5.41) is 4.15. The minimum Gasteiger partial charge on any atom is -0.454 e. The Hall–Kier alpha value is -2.28. The van der Waals surface area contributed by atoms with Gasteiger partial charge in [0.25, 0.3) is 0 Å². The van der Waals surface area contributed by atoms with Crippen LogP contribution in [0.4, 0.5) is 4.39 Å². The predicted molar refractivity (Wildman–Crippen MR) is 107 cm³/mol. The Labute approximate surface area is 175 Å². The lowest BCUT2D eigenvalue weighted by Crippen LogP contribution is -2.47. The van der Waals surface area contributed by atoms with Crippen molar-refractivity contribution in [3.05, 3.63) is 57.4 Å². The molecule has 5 rings (SSSR count). The summed E-state index contributed by atoms with van der Waals surface area (Å²) >= 11 is 3.14. The molecule has 0 radical (unpaired) electrons. The quantitative estimate of drug-likeness (QED) is 0.588. The summed E-state index contributed by atoms with van der Waals surface area (Å²) in [5.41, 5.74) is 1.09. The van der Waals surface area contributed by atoms with E-state index in [-0.39, 0.29) is 23.5 Å². The van der Waals surface area contributed by atoms with E-state index < -0.39 is 23.5 Å². The molecule has 1 saturated heterocycles. The first kappa shape index (κ1) is 18.7. The number of hydrogen-bond donors (Lipinski definition) is 0. The van der Waals surface area contributed by atoms with E-state index in [0.717, 1.165) is 12.0 Å². The molecule has 1 aromatic carbocycles. The van der Waals surface area contributed by atoms with Crippen LogP contribution in [-0.4, -0.2) is 29.2 Å². The van der Waals surface area contributed by atoms with Gasteiger partial charge in [0, 0.05) is 23.0 Å². The predicted octanol–water partition coefficient (Wildman–Crippen LogP) is 4.25. The first-order valence-electron chi connectivity index (χ1n) is 9.61. The van der Waals surface area contributed by atoms with Crippen LogP contribution in [0.2, 0.25) is 0 Å². The third-order valence-corrected chi connectivity index (χ3v) is 7.44. The number of halogens is 2. The van der Waals surface area contributed by atoms with Crippen LogP contribution < -0.4 is 0 Å². The normalized spacial score (nSPS) is 35.4. The second kappa shape index (κ2) is 6.11. The standard InChI is InChI=1S/C22H19BrFNO4/c1-11-17(26)6-8-21(2)7-5-13-19(18(11)21)28-20(27)22(13)10-16(25-29-22)12-3-4-14(23)15(24)9-12/h3-4,6,8-9,13,19H,5,7,10H2,1-2H3/t13-,19+,21+,22+/m1/s1. The van der Waals surface area contributed by atoms with E-state index in [1.807, 2.05) is 6.08 Å². The number of ketones is 1. The number of nitrogens with zero attached hydrogens (tertiary/aromatic N) is 1. The van der Waals surface area contributed by atoms with Gasteiger partial charge in [-0.3, -0.25) is 4.79 Å². The van der Waals surface area contributed by atoms with Gasteiger partial charge in [-0.1, -0.05) is 24.2 Å². The maximum atomic E-state index is 14.0. The molecule has 0 amide bonds. The van der Waals surface area contributed by atoms with Crippen molar-refractivity contribution in [1.82, 2.24) is 0 Å². The molecule has 2 aliphatic heterocycles. The zero-order valence-electron chi connectivity index (χ0n) is 16.0. The molecule has 0 unspecified atom stereocenters.